The van der Waals surface area contributed by atoms with Gasteiger partial charge in [0.2, 0.25) is 0 Å². The van der Waals surface area contributed by atoms with Gasteiger partial charge in [0.1, 0.15) is 6.61 Å². The zero-order valence-corrected chi connectivity index (χ0v) is 7.23. The van der Waals surface area contributed by atoms with Crippen LogP contribution in [0.25, 0.3) is 0 Å². The number of rotatable bonds is 2. The molecule has 1 fully saturated rings. The van der Waals surface area contributed by atoms with Crippen LogP contribution in [0, 0.1) is 5.92 Å². The largest absolute Gasteiger partial charge is 0.390 e. The molecule has 0 radical (unpaired) electrons. The molecule has 0 amide bonds. The summed E-state index contributed by atoms with van der Waals surface area (Å²) in [7, 11) is 0. The van der Waals surface area contributed by atoms with Crippen molar-refractivity contribution in [3.05, 3.63) is 0 Å². The van der Waals surface area contributed by atoms with Crippen molar-refractivity contribution in [2.75, 3.05) is 6.61 Å². The van der Waals surface area contributed by atoms with Gasteiger partial charge in [-0.15, -0.1) is 0 Å². The van der Waals surface area contributed by atoms with Crippen molar-refractivity contribution in [3.63, 3.8) is 0 Å². The average molecular weight is 178 g/mol. The van der Waals surface area contributed by atoms with E-state index >= 15 is 0 Å². The van der Waals surface area contributed by atoms with Crippen molar-refractivity contribution < 1.29 is 13.9 Å². The Hall–Kier alpha value is -0.180. The van der Waals surface area contributed by atoms with Gasteiger partial charge in [0, 0.05) is 5.92 Å². The van der Waals surface area contributed by atoms with E-state index in [4.69, 9.17) is 5.11 Å². The molecule has 0 aromatic rings. The van der Waals surface area contributed by atoms with Crippen LogP contribution in [-0.4, -0.2) is 17.6 Å². The van der Waals surface area contributed by atoms with Gasteiger partial charge in [0.05, 0.1) is 0 Å². The minimum Gasteiger partial charge on any atom is -0.390 e. The Kier molecular flexibility index (Phi) is 3.44. The van der Waals surface area contributed by atoms with E-state index in [2.05, 4.69) is 0 Å². The minimum absolute atomic E-state index is 0.577. The molecule has 12 heavy (non-hydrogen) atoms. The Balaban J connectivity index is 2.47. The summed E-state index contributed by atoms with van der Waals surface area (Å²) in [5, 5.41) is 8.49. The molecule has 1 aliphatic rings. The van der Waals surface area contributed by atoms with E-state index in [0.717, 1.165) is 25.7 Å². The fourth-order valence-electron chi connectivity index (χ4n) is 1.83. The van der Waals surface area contributed by atoms with Crippen LogP contribution < -0.4 is 0 Å². The summed E-state index contributed by atoms with van der Waals surface area (Å²) in [5.41, 5.74) is 0. The van der Waals surface area contributed by atoms with E-state index in [9.17, 15) is 8.78 Å². The molecule has 1 nitrogen and oxygen atoms in total. The number of hydrogen-bond acceptors (Lipinski definition) is 1. The summed E-state index contributed by atoms with van der Waals surface area (Å²) in [5.74, 6) is -3.42. The third kappa shape index (κ3) is 2.41. The molecule has 0 unspecified atom stereocenters. The number of aliphatic hydroxyl groups excluding tert-OH is 1. The van der Waals surface area contributed by atoms with Crippen molar-refractivity contribution >= 4 is 0 Å². The maximum atomic E-state index is 13.0. The van der Waals surface area contributed by atoms with Gasteiger partial charge in [-0.2, -0.15) is 0 Å². The third-order valence-electron chi connectivity index (χ3n) is 2.66. The summed E-state index contributed by atoms with van der Waals surface area (Å²) in [6.07, 6.45) is 5.07. The van der Waals surface area contributed by atoms with E-state index < -0.39 is 18.4 Å². The Morgan fingerprint density at radius 1 is 1.08 bits per heavy atom. The molecule has 1 N–H and O–H groups in total. The normalized spacial score (nSPS) is 22.2. The van der Waals surface area contributed by atoms with E-state index in [1.165, 1.54) is 0 Å². The lowest BCUT2D eigenvalue weighted by Gasteiger charge is -2.23. The molecular weight excluding hydrogens is 162 g/mol. The topological polar surface area (TPSA) is 20.2 Å². The summed E-state index contributed by atoms with van der Waals surface area (Å²) in [6.45, 7) is -0.988. The van der Waals surface area contributed by atoms with Crippen molar-refractivity contribution in [3.8, 4) is 0 Å². The lowest BCUT2D eigenvalue weighted by Crippen LogP contribution is -2.31. The minimum atomic E-state index is -2.84. The number of hydrogen-bond donors (Lipinski definition) is 1. The number of halogens is 2. The highest BCUT2D eigenvalue weighted by atomic mass is 19.3. The molecule has 0 aromatic heterocycles. The van der Waals surface area contributed by atoms with Crippen LogP contribution in [0.4, 0.5) is 8.78 Å². The highest BCUT2D eigenvalue weighted by Gasteiger charge is 2.38. The van der Waals surface area contributed by atoms with Gasteiger partial charge in [0.25, 0.3) is 5.92 Å². The predicted molar refractivity (Wildman–Crippen MR) is 43.2 cm³/mol. The van der Waals surface area contributed by atoms with Crippen molar-refractivity contribution in [1.29, 1.82) is 0 Å². The Morgan fingerprint density at radius 3 is 2.00 bits per heavy atom. The van der Waals surface area contributed by atoms with Crippen LogP contribution in [0.1, 0.15) is 38.5 Å². The predicted octanol–water partition coefficient (Wildman–Crippen LogP) is 2.58. The zero-order valence-electron chi connectivity index (χ0n) is 7.23. The fourth-order valence-corrected chi connectivity index (χ4v) is 1.83. The summed E-state index contributed by atoms with van der Waals surface area (Å²) in [6, 6.07) is 0. The molecule has 0 aliphatic heterocycles. The van der Waals surface area contributed by atoms with E-state index in [1.807, 2.05) is 0 Å². The first-order chi connectivity index (χ1) is 5.67. The van der Waals surface area contributed by atoms with E-state index in [0.29, 0.717) is 12.8 Å². The Bertz CT molecular complexity index is 128. The first kappa shape index (κ1) is 9.90. The summed E-state index contributed by atoms with van der Waals surface area (Å²) in [4.78, 5) is 0. The van der Waals surface area contributed by atoms with Crippen LogP contribution in [-0.2, 0) is 0 Å². The third-order valence-corrected chi connectivity index (χ3v) is 2.66. The fraction of sp³-hybridized carbons (Fsp3) is 1.00. The first-order valence-electron chi connectivity index (χ1n) is 4.65. The standard InChI is InChI=1S/C9H16F2O/c10-9(11,7-12)8-5-3-1-2-4-6-8/h8,12H,1-7H2. The number of aliphatic hydroxyl groups is 1. The van der Waals surface area contributed by atoms with Gasteiger partial charge in [-0.1, -0.05) is 25.7 Å². The molecule has 1 rings (SSSR count). The molecule has 72 valence electrons. The van der Waals surface area contributed by atoms with Crippen molar-refractivity contribution in [2.24, 2.45) is 5.92 Å². The lowest BCUT2D eigenvalue weighted by atomic mass is 9.93. The SMILES string of the molecule is OCC(F)(F)C1CCCCCC1. The van der Waals surface area contributed by atoms with Gasteiger partial charge in [-0.05, 0) is 12.8 Å². The molecule has 0 atom stereocenters. The molecule has 0 aromatic carbocycles. The molecule has 1 saturated carbocycles. The van der Waals surface area contributed by atoms with Crippen LogP contribution in [0.5, 0.6) is 0 Å². The Morgan fingerprint density at radius 2 is 1.58 bits per heavy atom. The molecule has 0 heterocycles. The molecule has 3 heteroatoms. The Labute approximate surface area is 71.8 Å². The monoisotopic (exact) mass is 178 g/mol. The quantitative estimate of drug-likeness (QED) is 0.644. The van der Waals surface area contributed by atoms with Crippen LogP contribution in [0.15, 0.2) is 0 Å². The van der Waals surface area contributed by atoms with Gasteiger partial charge in [-0.25, -0.2) is 8.78 Å². The molecule has 0 bridgehead atoms. The average Bonchev–Trinajstić information content (AvgIpc) is 2.32. The van der Waals surface area contributed by atoms with Gasteiger partial charge in [-0.3, -0.25) is 0 Å². The van der Waals surface area contributed by atoms with Crippen LogP contribution in [0.2, 0.25) is 0 Å². The van der Waals surface area contributed by atoms with Gasteiger partial charge in [0.15, 0.2) is 0 Å². The highest BCUT2D eigenvalue weighted by molar-refractivity contribution is 4.78. The molecule has 0 saturated heterocycles. The second kappa shape index (κ2) is 4.17. The highest BCUT2D eigenvalue weighted by Crippen LogP contribution is 2.34. The van der Waals surface area contributed by atoms with Crippen molar-refractivity contribution in [1.82, 2.24) is 0 Å². The van der Waals surface area contributed by atoms with Crippen LogP contribution in [0.3, 0.4) is 0 Å². The summed E-state index contributed by atoms with van der Waals surface area (Å²) < 4.78 is 25.9. The smallest absolute Gasteiger partial charge is 0.273 e. The maximum absolute atomic E-state index is 13.0. The molecular formula is C9H16F2O. The summed E-state index contributed by atoms with van der Waals surface area (Å²) >= 11 is 0. The lowest BCUT2D eigenvalue weighted by molar-refractivity contribution is -0.101. The van der Waals surface area contributed by atoms with Gasteiger partial charge < -0.3 is 5.11 Å². The zero-order chi connectivity index (χ0) is 9.03. The maximum Gasteiger partial charge on any atom is 0.273 e. The van der Waals surface area contributed by atoms with Gasteiger partial charge >= 0.3 is 0 Å². The molecule has 1 aliphatic carbocycles. The number of alkyl halides is 2. The van der Waals surface area contributed by atoms with Crippen molar-refractivity contribution in [2.45, 2.75) is 44.4 Å². The molecule has 0 spiro atoms. The first-order valence-corrected chi connectivity index (χ1v) is 4.65. The van der Waals surface area contributed by atoms with E-state index in [1.54, 1.807) is 0 Å². The second-order valence-corrected chi connectivity index (χ2v) is 3.61. The van der Waals surface area contributed by atoms with E-state index in [-0.39, 0.29) is 0 Å². The van der Waals surface area contributed by atoms with Crippen LogP contribution >= 0.6 is 0 Å². The second-order valence-electron chi connectivity index (χ2n) is 3.61.